The van der Waals surface area contributed by atoms with Gasteiger partial charge in [-0.2, -0.15) is 8.78 Å². The van der Waals surface area contributed by atoms with Gasteiger partial charge in [0.15, 0.2) is 17.3 Å². The largest absolute Gasteiger partial charge is 0.502 e. The first-order valence-corrected chi connectivity index (χ1v) is 5.74. The van der Waals surface area contributed by atoms with Crippen LogP contribution in [-0.2, 0) is 9.53 Å². The molecule has 0 unspecified atom stereocenters. The topological polar surface area (TPSA) is 61.8 Å². The number of methoxy groups -OCH3 is 1. The fourth-order valence-electron chi connectivity index (χ4n) is 1.37. The Bertz CT molecular complexity index is 513. The van der Waals surface area contributed by atoms with E-state index in [2.05, 4.69) is 9.47 Å². The molecule has 0 atom stereocenters. The van der Waals surface area contributed by atoms with Gasteiger partial charge in [0, 0.05) is 5.56 Å². The number of carbonyl (C=O) groups excluding carboxylic acids is 2. The number of alkyl halides is 2. The Kier molecular flexibility index (Phi) is 5.01. The van der Waals surface area contributed by atoms with Crippen molar-refractivity contribution in [3.05, 3.63) is 23.8 Å². The Morgan fingerprint density at radius 2 is 1.90 bits per heavy atom. The van der Waals surface area contributed by atoms with Crippen LogP contribution in [0.25, 0.3) is 0 Å². The molecule has 0 saturated heterocycles. The zero-order chi connectivity index (χ0) is 15.3. The van der Waals surface area contributed by atoms with Crippen LogP contribution in [0, 0.1) is 0 Å². The summed E-state index contributed by atoms with van der Waals surface area (Å²) in [6.45, 7) is 2.52. The van der Waals surface area contributed by atoms with E-state index in [0.29, 0.717) is 0 Å². The first-order valence-electron chi connectivity index (χ1n) is 5.74. The van der Waals surface area contributed by atoms with E-state index in [4.69, 9.17) is 4.74 Å². The second-order valence-corrected chi connectivity index (χ2v) is 3.76. The number of esters is 1. The number of carbonyl (C=O) groups is 2. The highest BCUT2D eigenvalue weighted by Gasteiger charge is 2.44. The minimum Gasteiger partial charge on any atom is -0.493 e. The van der Waals surface area contributed by atoms with E-state index in [1.165, 1.54) is 33.1 Å². The fourth-order valence-corrected chi connectivity index (χ4v) is 1.37. The third-order valence-corrected chi connectivity index (χ3v) is 2.32. The molecule has 5 nitrogen and oxygen atoms in total. The minimum absolute atomic E-state index is 0.0818. The average Bonchev–Trinajstić information content (AvgIpc) is 2.38. The Balaban J connectivity index is 3.02. The molecule has 0 saturated carbocycles. The van der Waals surface area contributed by atoms with Gasteiger partial charge < -0.3 is 14.2 Å². The second kappa shape index (κ2) is 6.31. The van der Waals surface area contributed by atoms with Gasteiger partial charge >= 0.3 is 12.1 Å². The molecule has 0 amide bonds. The molecule has 1 rings (SSSR count). The van der Waals surface area contributed by atoms with Crippen LogP contribution >= 0.6 is 0 Å². The van der Waals surface area contributed by atoms with E-state index in [-0.39, 0.29) is 29.5 Å². The lowest BCUT2D eigenvalue weighted by Crippen LogP contribution is -2.37. The van der Waals surface area contributed by atoms with Crippen LogP contribution in [0.5, 0.6) is 11.5 Å². The summed E-state index contributed by atoms with van der Waals surface area (Å²) < 4.78 is 40.3. The lowest BCUT2D eigenvalue weighted by Gasteiger charge is -2.18. The number of rotatable bonds is 6. The summed E-state index contributed by atoms with van der Waals surface area (Å²) in [6.07, 6.45) is -4.14. The van der Waals surface area contributed by atoms with Gasteiger partial charge in [0.25, 0.3) is 0 Å². The third-order valence-electron chi connectivity index (χ3n) is 2.32. The van der Waals surface area contributed by atoms with Crippen LogP contribution in [0.3, 0.4) is 0 Å². The quantitative estimate of drug-likeness (QED) is 0.594. The second-order valence-electron chi connectivity index (χ2n) is 3.76. The van der Waals surface area contributed by atoms with Crippen molar-refractivity contribution in [1.29, 1.82) is 0 Å². The molecule has 0 radical (unpaired) electrons. The number of hydrogen-bond donors (Lipinski definition) is 0. The predicted octanol–water partition coefficient (Wildman–Crippen LogP) is 2.43. The molecule has 0 aromatic heterocycles. The lowest BCUT2D eigenvalue weighted by atomic mass is 10.1. The minimum atomic E-state index is -4.14. The van der Waals surface area contributed by atoms with Gasteiger partial charge in [-0.1, -0.05) is 0 Å². The molecule has 1 aromatic rings. The molecule has 1 aromatic carbocycles. The molecule has 0 fully saturated rings. The summed E-state index contributed by atoms with van der Waals surface area (Å²) in [5.74, 6) is -2.50. The summed E-state index contributed by atoms with van der Waals surface area (Å²) in [5, 5.41) is 0. The van der Waals surface area contributed by atoms with Gasteiger partial charge in [0.1, 0.15) is 0 Å². The Labute approximate surface area is 114 Å². The summed E-state index contributed by atoms with van der Waals surface area (Å²) in [5.41, 5.74) is 0.272. The number of hydrogen-bond acceptors (Lipinski definition) is 5. The van der Waals surface area contributed by atoms with Gasteiger partial charge in [-0.3, -0.25) is 4.79 Å². The van der Waals surface area contributed by atoms with Crippen LogP contribution in [0.4, 0.5) is 8.78 Å². The van der Waals surface area contributed by atoms with Crippen molar-refractivity contribution < 1.29 is 32.6 Å². The predicted molar refractivity (Wildman–Crippen MR) is 65.2 cm³/mol. The van der Waals surface area contributed by atoms with E-state index >= 15 is 0 Å². The van der Waals surface area contributed by atoms with Gasteiger partial charge in [-0.15, -0.1) is 0 Å². The summed E-state index contributed by atoms with van der Waals surface area (Å²) >= 11 is 0. The SMILES string of the molecule is CCOC(=O)C(F)(F)Oc1ccc(C(C)=O)cc1OC. The van der Waals surface area contributed by atoms with Crippen molar-refractivity contribution in [2.24, 2.45) is 0 Å². The Morgan fingerprint density at radius 1 is 1.25 bits per heavy atom. The maximum absolute atomic E-state index is 13.4. The van der Waals surface area contributed by atoms with E-state index in [1.807, 2.05) is 0 Å². The van der Waals surface area contributed by atoms with Crippen LogP contribution < -0.4 is 9.47 Å². The molecule has 0 aliphatic rings. The number of halogens is 2. The molecule has 7 heteroatoms. The molecular weight excluding hydrogens is 274 g/mol. The number of ketones is 1. The van der Waals surface area contributed by atoms with Gasteiger partial charge in [0.05, 0.1) is 13.7 Å². The molecular formula is C13H14F2O5. The van der Waals surface area contributed by atoms with Crippen molar-refractivity contribution >= 4 is 11.8 Å². The van der Waals surface area contributed by atoms with Gasteiger partial charge in [-0.05, 0) is 32.0 Å². The first-order chi connectivity index (χ1) is 9.31. The monoisotopic (exact) mass is 288 g/mol. The van der Waals surface area contributed by atoms with E-state index in [1.54, 1.807) is 0 Å². The van der Waals surface area contributed by atoms with Crippen molar-refractivity contribution in [2.45, 2.75) is 20.0 Å². The molecule has 110 valence electrons. The molecule has 0 spiro atoms. The highest BCUT2D eigenvalue weighted by atomic mass is 19.3. The zero-order valence-corrected chi connectivity index (χ0v) is 11.2. The van der Waals surface area contributed by atoms with E-state index in [9.17, 15) is 18.4 Å². The summed E-state index contributed by atoms with van der Waals surface area (Å²) in [7, 11) is 1.23. The molecule has 0 N–H and O–H groups in total. The Hall–Kier alpha value is -2.18. The fraction of sp³-hybridized carbons (Fsp3) is 0.385. The lowest BCUT2D eigenvalue weighted by molar-refractivity contribution is -0.216. The van der Waals surface area contributed by atoms with Crippen molar-refractivity contribution in [1.82, 2.24) is 0 Å². The molecule has 0 aliphatic carbocycles. The number of Topliss-reactive ketones (excluding diaryl/α,β-unsaturated/α-hetero) is 1. The van der Waals surface area contributed by atoms with Crippen LogP contribution in [0.15, 0.2) is 18.2 Å². The molecule has 0 heterocycles. The normalized spacial score (nSPS) is 10.8. The summed E-state index contributed by atoms with van der Waals surface area (Å²) in [4.78, 5) is 22.2. The van der Waals surface area contributed by atoms with E-state index in [0.717, 1.165) is 6.07 Å². The molecule has 0 bridgehead atoms. The maximum atomic E-state index is 13.4. The number of benzene rings is 1. The van der Waals surface area contributed by atoms with Crippen molar-refractivity contribution in [3.63, 3.8) is 0 Å². The standard InChI is InChI=1S/C13H14F2O5/c1-4-19-12(17)13(14,15)20-10-6-5-9(8(2)16)7-11(10)18-3/h5-7H,4H2,1-3H3. The third kappa shape index (κ3) is 3.66. The smallest absolute Gasteiger partial charge is 0.493 e. The van der Waals surface area contributed by atoms with Crippen LogP contribution in [0.1, 0.15) is 24.2 Å². The van der Waals surface area contributed by atoms with Gasteiger partial charge in [-0.25, -0.2) is 4.79 Å². The number of ether oxygens (including phenoxy) is 3. The van der Waals surface area contributed by atoms with Crippen LogP contribution in [-0.4, -0.2) is 31.6 Å². The molecule has 20 heavy (non-hydrogen) atoms. The molecule has 0 aliphatic heterocycles. The highest BCUT2D eigenvalue weighted by Crippen LogP contribution is 2.32. The first kappa shape index (κ1) is 15.9. The van der Waals surface area contributed by atoms with Crippen LogP contribution in [0.2, 0.25) is 0 Å². The highest BCUT2D eigenvalue weighted by molar-refractivity contribution is 5.94. The van der Waals surface area contributed by atoms with E-state index < -0.39 is 12.1 Å². The summed E-state index contributed by atoms with van der Waals surface area (Å²) in [6, 6.07) is 3.67. The van der Waals surface area contributed by atoms with Gasteiger partial charge in [0.2, 0.25) is 0 Å². The van der Waals surface area contributed by atoms with Crippen molar-refractivity contribution in [3.8, 4) is 11.5 Å². The maximum Gasteiger partial charge on any atom is 0.502 e. The average molecular weight is 288 g/mol. The van der Waals surface area contributed by atoms with Crippen molar-refractivity contribution in [2.75, 3.05) is 13.7 Å². The zero-order valence-electron chi connectivity index (χ0n) is 11.2. The Morgan fingerprint density at radius 3 is 2.40 bits per heavy atom.